The molecule has 0 saturated heterocycles. The summed E-state index contributed by atoms with van der Waals surface area (Å²) in [6, 6.07) is 7.58. The van der Waals surface area contributed by atoms with Gasteiger partial charge < -0.3 is 19.3 Å². The topological polar surface area (TPSA) is 47.9 Å². The van der Waals surface area contributed by atoms with Crippen LogP contribution >= 0.6 is 0 Å². The van der Waals surface area contributed by atoms with E-state index in [0.717, 1.165) is 17.9 Å². The summed E-state index contributed by atoms with van der Waals surface area (Å²) >= 11 is 0. The Morgan fingerprint density at radius 2 is 1.59 bits per heavy atom. The summed E-state index contributed by atoms with van der Waals surface area (Å²) in [7, 11) is 0. The molecule has 4 nitrogen and oxygen atoms in total. The maximum Gasteiger partial charge on any atom is 0.161 e. The van der Waals surface area contributed by atoms with Crippen LogP contribution in [0.1, 0.15) is 13.3 Å². The first-order valence-electron chi connectivity index (χ1n) is 5.91. The van der Waals surface area contributed by atoms with Gasteiger partial charge >= 0.3 is 0 Å². The van der Waals surface area contributed by atoms with E-state index in [1.54, 1.807) is 0 Å². The Morgan fingerprint density at radius 1 is 0.941 bits per heavy atom. The van der Waals surface area contributed by atoms with E-state index in [1.807, 2.05) is 24.3 Å². The molecule has 0 bridgehead atoms. The van der Waals surface area contributed by atoms with Crippen molar-refractivity contribution in [3.05, 3.63) is 24.3 Å². The van der Waals surface area contributed by atoms with Crippen molar-refractivity contribution in [2.45, 2.75) is 13.3 Å². The van der Waals surface area contributed by atoms with Gasteiger partial charge in [-0.05, 0) is 18.6 Å². The fourth-order valence-electron chi connectivity index (χ4n) is 1.28. The first-order chi connectivity index (χ1) is 8.38. The van der Waals surface area contributed by atoms with E-state index in [4.69, 9.17) is 19.3 Å². The molecule has 96 valence electrons. The second-order valence-electron chi connectivity index (χ2n) is 3.48. The second kappa shape index (κ2) is 8.84. The fraction of sp³-hybridized carbons (Fsp3) is 0.538. The van der Waals surface area contributed by atoms with E-state index in [2.05, 4.69) is 6.92 Å². The maximum atomic E-state index is 8.54. The van der Waals surface area contributed by atoms with Crippen molar-refractivity contribution in [2.24, 2.45) is 0 Å². The van der Waals surface area contributed by atoms with Crippen LogP contribution in [0.2, 0.25) is 0 Å². The van der Waals surface area contributed by atoms with Crippen molar-refractivity contribution in [2.75, 3.05) is 33.0 Å². The van der Waals surface area contributed by atoms with E-state index in [1.165, 1.54) is 0 Å². The number of hydrogen-bond donors (Lipinski definition) is 1. The Kier molecular flexibility index (Phi) is 7.18. The second-order valence-corrected chi connectivity index (χ2v) is 3.48. The van der Waals surface area contributed by atoms with Gasteiger partial charge in [0.2, 0.25) is 0 Å². The molecule has 0 aliphatic carbocycles. The van der Waals surface area contributed by atoms with Crippen LogP contribution in [-0.2, 0) is 4.74 Å². The predicted octanol–water partition coefficient (Wildman–Crippen LogP) is 1.86. The van der Waals surface area contributed by atoms with Crippen LogP contribution < -0.4 is 9.47 Å². The molecular formula is C13H20O4. The third-order valence-corrected chi connectivity index (χ3v) is 2.03. The van der Waals surface area contributed by atoms with Crippen molar-refractivity contribution in [1.29, 1.82) is 0 Å². The highest BCUT2D eigenvalue weighted by atomic mass is 16.5. The molecule has 1 N–H and O–H groups in total. The van der Waals surface area contributed by atoms with Gasteiger partial charge in [-0.25, -0.2) is 0 Å². The van der Waals surface area contributed by atoms with Crippen molar-refractivity contribution in [3.63, 3.8) is 0 Å². The van der Waals surface area contributed by atoms with Gasteiger partial charge in [-0.15, -0.1) is 0 Å². The van der Waals surface area contributed by atoms with Crippen LogP contribution in [0.4, 0.5) is 0 Å². The summed E-state index contributed by atoms with van der Waals surface area (Å²) in [5, 5.41) is 8.54. The van der Waals surface area contributed by atoms with Crippen molar-refractivity contribution >= 4 is 0 Å². The van der Waals surface area contributed by atoms with E-state index >= 15 is 0 Å². The molecule has 17 heavy (non-hydrogen) atoms. The van der Waals surface area contributed by atoms with E-state index < -0.39 is 0 Å². The van der Waals surface area contributed by atoms with Gasteiger partial charge in [-0.3, -0.25) is 0 Å². The minimum Gasteiger partial charge on any atom is -0.490 e. The Morgan fingerprint density at radius 3 is 2.18 bits per heavy atom. The molecule has 0 heterocycles. The number of rotatable bonds is 9. The molecule has 1 aromatic carbocycles. The predicted molar refractivity (Wildman–Crippen MR) is 65.6 cm³/mol. The molecule has 0 unspecified atom stereocenters. The third-order valence-electron chi connectivity index (χ3n) is 2.03. The van der Waals surface area contributed by atoms with Crippen molar-refractivity contribution < 1.29 is 19.3 Å². The number of hydrogen-bond acceptors (Lipinski definition) is 4. The molecule has 0 spiro atoms. The first kappa shape index (κ1) is 13.8. The van der Waals surface area contributed by atoms with Crippen LogP contribution in [0.15, 0.2) is 24.3 Å². The summed E-state index contributed by atoms with van der Waals surface area (Å²) < 4.78 is 16.2. The van der Waals surface area contributed by atoms with Gasteiger partial charge in [0.05, 0.1) is 26.4 Å². The summed E-state index contributed by atoms with van der Waals surface area (Å²) in [6.07, 6.45) is 0.966. The lowest BCUT2D eigenvalue weighted by molar-refractivity contribution is 0.0697. The van der Waals surface area contributed by atoms with E-state index in [-0.39, 0.29) is 6.61 Å². The van der Waals surface area contributed by atoms with Crippen LogP contribution in [0.25, 0.3) is 0 Å². The molecule has 0 amide bonds. The summed E-state index contributed by atoms with van der Waals surface area (Å²) in [5.74, 6) is 1.49. The zero-order valence-corrected chi connectivity index (χ0v) is 10.2. The molecule has 1 rings (SSSR count). The van der Waals surface area contributed by atoms with Crippen molar-refractivity contribution in [3.8, 4) is 11.5 Å². The summed E-state index contributed by atoms with van der Waals surface area (Å²) in [5.41, 5.74) is 0. The molecule has 0 atom stereocenters. The Labute approximate surface area is 102 Å². The lowest BCUT2D eigenvalue weighted by atomic mass is 10.3. The molecular weight excluding hydrogens is 220 g/mol. The van der Waals surface area contributed by atoms with Gasteiger partial charge in [0, 0.05) is 0 Å². The number of aliphatic hydroxyl groups excluding tert-OH is 1. The normalized spacial score (nSPS) is 10.2. The Bertz CT molecular complexity index is 301. The summed E-state index contributed by atoms with van der Waals surface area (Å²) in [4.78, 5) is 0. The zero-order valence-electron chi connectivity index (χ0n) is 10.2. The minimum atomic E-state index is 0.0379. The van der Waals surface area contributed by atoms with Gasteiger partial charge in [0.15, 0.2) is 11.5 Å². The zero-order chi connectivity index (χ0) is 12.3. The molecule has 0 radical (unpaired) electrons. The van der Waals surface area contributed by atoms with Gasteiger partial charge in [0.25, 0.3) is 0 Å². The fourth-order valence-corrected chi connectivity index (χ4v) is 1.28. The lowest BCUT2D eigenvalue weighted by Gasteiger charge is -2.12. The SMILES string of the molecule is CCCOc1ccccc1OCCOCCO. The maximum absolute atomic E-state index is 8.54. The number of ether oxygens (including phenoxy) is 3. The van der Waals surface area contributed by atoms with Crippen molar-refractivity contribution in [1.82, 2.24) is 0 Å². The van der Waals surface area contributed by atoms with Gasteiger partial charge in [-0.1, -0.05) is 19.1 Å². The lowest BCUT2D eigenvalue weighted by Crippen LogP contribution is -2.09. The smallest absolute Gasteiger partial charge is 0.161 e. The first-order valence-corrected chi connectivity index (χ1v) is 5.91. The highest BCUT2D eigenvalue weighted by Gasteiger charge is 2.03. The number of aliphatic hydroxyl groups is 1. The van der Waals surface area contributed by atoms with Gasteiger partial charge in [0.1, 0.15) is 6.61 Å². The molecule has 0 aromatic heterocycles. The van der Waals surface area contributed by atoms with Crippen LogP contribution in [0.5, 0.6) is 11.5 Å². The number of benzene rings is 1. The van der Waals surface area contributed by atoms with Gasteiger partial charge in [-0.2, -0.15) is 0 Å². The Hall–Kier alpha value is -1.26. The summed E-state index contributed by atoms with van der Waals surface area (Å²) in [6.45, 7) is 4.04. The molecule has 4 heteroatoms. The molecule has 0 aliphatic rings. The van der Waals surface area contributed by atoms with Crippen LogP contribution in [-0.4, -0.2) is 38.1 Å². The van der Waals surface area contributed by atoms with E-state index in [0.29, 0.717) is 26.4 Å². The highest BCUT2D eigenvalue weighted by molar-refractivity contribution is 5.39. The van der Waals surface area contributed by atoms with Crippen LogP contribution in [0.3, 0.4) is 0 Å². The molecule has 0 aliphatic heterocycles. The monoisotopic (exact) mass is 240 g/mol. The molecule has 1 aromatic rings. The van der Waals surface area contributed by atoms with Crippen LogP contribution in [0, 0.1) is 0 Å². The third kappa shape index (κ3) is 5.56. The highest BCUT2D eigenvalue weighted by Crippen LogP contribution is 2.26. The minimum absolute atomic E-state index is 0.0379. The Balaban J connectivity index is 2.35. The molecule has 0 fully saturated rings. The molecule has 0 saturated carbocycles. The average Bonchev–Trinajstić information content (AvgIpc) is 2.37. The quantitative estimate of drug-likeness (QED) is 0.669. The number of para-hydroxylation sites is 2. The van der Waals surface area contributed by atoms with E-state index in [9.17, 15) is 0 Å². The largest absolute Gasteiger partial charge is 0.490 e. The average molecular weight is 240 g/mol. The standard InChI is InChI=1S/C13H20O4/c1-2-8-16-12-5-3-4-6-13(12)17-11-10-15-9-7-14/h3-6,14H,2,7-11H2,1H3.